The Bertz CT molecular complexity index is 817. The summed E-state index contributed by atoms with van der Waals surface area (Å²) in [5, 5.41) is 2.89. The van der Waals surface area contributed by atoms with Gasteiger partial charge in [0.2, 0.25) is 0 Å². The summed E-state index contributed by atoms with van der Waals surface area (Å²) in [5.41, 5.74) is -0.311. The molecule has 1 amide bonds. The van der Waals surface area contributed by atoms with Crippen molar-refractivity contribution in [2.45, 2.75) is 38.9 Å². The number of anilines is 1. The lowest BCUT2D eigenvalue weighted by Gasteiger charge is -2.26. The third kappa shape index (κ3) is 4.75. The van der Waals surface area contributed by atoms with Crippen molar-refractivity contribution in [1.29, 1.82) is 0 Å². The number of alkyl halides is 3. The Balaban J connectivity index is 1.77. The van der Waals surface area contributed by atoms with Gasteiger partial charge in [-0.3, -0.25) is 4.79 Å². The largest absolute Gasteiger partial charge is 0.416 e. The molecule has 2 heterocycles. The van der Waals surface area contributed by atoms with Gasteiger partial charge in [-0.25, -0.2) is 9.97 Å². The number of hydrogen-bond donors (Lipinski definition) is 1. The van der Waals surface area contributed by atoms with Crippen LogP contribution >= 0.6 is 0 Å². The molecule has 1 aliphatic rings. The smallest absolute Gasteiger partial charge is 0.366 e. The molecule has 1 aromatic heterocycles. The van der Waals surface area contributed by atoms with Crippen molar-refractivity contribution in [2.24, 2.45) is 0 Å². The van der Waals surface area contributed by atoms with Gasteiger partial charge in [-0.1, -0.05) is 18.2 Å². The molecule has 5 nitrogen and oxygen atoms in total. The van der Waals surface area contributed by atoms with Gasteiger partial charge in [-0.15, -0.1) is 0 Å². The highest BCUT2D eigenvalue weighted by Gasteiger charge is 2.32. The average Bonchev–Trinajstić information content (AvgIpc) is 2.65. The monoisotopic (exact) mass is 378 g/mol. The van der Waals surface area contributed by atoms with Gasteiger partial charge in [-0.2, -0.15) is 13.2 Å². The van der Waals surface area contributed by atoms with Crippen molar-refractivity contribution in [3.05, 3.63) is 53.0 Å². The Labute approximate surface area is 155 Å². The Hall–Kier alpha value is -2.64. The first-order valence-electron chi connectivity index (χ1n) is 8.88. The Kier molecular flexibility index (Phi) is 5.62. The third-order valence-electron chi connectivity index (χ3n) is 4.48. The van der Waals surface area contributed by atoms with Gasteiger partial charge < -0.3 is 10.2 Å². The SMILES string of the molecule is Cc1nc(NCc2ccccc2C(F)(F)F)cc(C(=O)N2CCCCC2)n1. The van der Waals surface area contributed by atoms with Crippen LogP contribution in [0.15, 0.2) is 30.3 Å². The van der Waals surface area contributed by atoms with Crippen molar-refractivity contribution in [1.82, 2.24) is 14.9 Å². The van der Waals surface area contributed by atoms with E-state index in [4.69, 9.17) is 0 Å². The highest BCUT2D eigenvalue weighted by molar-refractivity contribution is 5.93. The fourth-order valence-corrected chi connectivity index (χ4v) is 3.16. The maximum absolute atomic E-state index is 13.1. The number of aromatic nitrogens is 2. The van der Waals surface area contributed by atoms with Gasteiger partial charge in [0.25, 0.3) is 5.91 Å². The predicted octanol–water partition coefficient (Wildman–Crippen LogP) is 4.04. The fraction of sp³-hybridized carbons (Fsp3) is 0.421. The number of rotatable bonds is 4. The van der Waals surface area contributed by atoms with Crippen LogP contribution in [0.5, 0.6) is 0 Å². The Morgan fingerprint density at radius 1 is 1.15 bits per heavy atom. The van der Waals surface area contributed by atoms with Gasteiger partial charge in [0.15, 0.2) is 0 Å². The molecule has 0 bridgehead atoms. The van der Waals surface area contributed by atoms with Crippen LogP contribution in [0.3, 0.4) is 0 Å². The van der Waals surface area contributed by atoms with E-state index in [9.17, 15) is 18.0 Å². The number of carbonyl (C=O) groups is 1. The molecule has 1 aromatic carbocycles. The summed E-state index contributed by atoms with van der Waals surface area (Å²) < 4.78 is 39.3. The zero-order valence-electron chi connectivity index (χ0n) is 15.0. The molecule has 0 spiro atoms. The molecule has 0 unspecified atom stereocenters. The number of hydrogen-bond acceptors (Lipinski definition) is 4. The van der Waals surface area contributed by atoms with Crippen LogP contribution < -0.4 is 5.32 Å². The fourth-order valence-electron chi connectivity index (χ4n) is 3.16. The summed E-state index contributed by atoms with van der Waals surface area (Å²) in [5.74, 6) is 0.559. The van der Waals surface area contributed by atoms with E-state index in [1.54, 1.807) is 17.9 Å². The molecule has 1 saturated heterocycles. The van der Waals surface area contributed by atoms with E-state index in [-0.39, 0.29) is 23.7 Å². The van der Waals surface area contributed by atoms with Gasteiger partial charge in [0.05, 0.1) is 5.56 Å². The molecule has 0 aliphatic carbocycles. The number of carbonyl (C=O) groups excluding carboxylic acids is 1. The molecule has 1 aliphatic heterocycles. The summed E-state index contributed by atoms with van der Waals surface area (Å²) in [4.78, 5) is 22.8. The minimum atomic E-state index is -4.42. The Morgan fingerprint density at radius 2 is 1.85 bits per heavy atom. The van der Waals surface area contributed by atoms with Crippen LogP contribution in [0.25, 0.3) is 0 Å². The Morgan fingerprint density at radius 3 is 2.56 bits per heavy atom. The van der Waals surface area contributed by atoms with E-state index in [0.29, 0.717) is 24.7 Å². The van der Waals surface area contributed by atoms with Crippen LogP contribution in [0.4, 0.5) is 19.0 Å². The number of aryl methyl sites for hydroxylation is 1. The van der Waals surface area contributed by atoms with Crippen molar-refractivity contribution in [3.8, 4) is 0 Å². The van der Waals surface area contributed by atoms with E-state index in [1.165, 1.54) is 18.2 Å². The average molecular weight is 378 g/mol. The summed E-state index contributed by atoms with van der Waals surface area (Å²) in [6.07, 6.45) is -1.38. The zero-order valence-corrected chi connectivity index (χ0v) is 15.0. The molecule has 0 saturated carbocycles. The quantitative estimate of drug-likeness (QED) is 0.872. The number of nitrogens with one attached hydrogen (secondary N) is 1. The first-order chi connectivity index (χ1) is 12.8. The van der Waals surface area contributed by atoms with Crippen molar-refractivity contribution in [3.63, 3.8) is 0 Å². The number of benzene rings is 1. The molecule has 1 N–H and O–H groups in total. The normalized spacial score (nSPS) is 14.9. The van der Waals surface area contributed by atoms with Crippen molar-refractivity contribution in [2.75, 3.05) is 18.4 Å². The van der Waals surface area contributed by atoms with Crippen LogP contribution in [0.2, 0.25) is 0 Å². The molecular weight excluding hydrogens is 357 g/mol. The minimum absolute atomic E-state index is 0.0521. The lowest BCUT2D eigenvalue weighted by atomic mass is 10.1. The van der Waals surface area contributed by atoms with E-state index in [0.717, 1.165) is 25.3 Å². The third-order valence-corrected chi connectivity index (χ3v) is 4.48. The van der Waals surface area contributed by atoms with Gasteiger partial charge >= 0.3 is 6.18 Å². The second-order valence-corrected chi connectivity index (χ2v) is 6.55. The molecule has 8 heteroatoms. The van der Waals surface area contributed by atoms with Crippen LogP contribution in [-0.2, 0) is 12.7 Å². The maximum atomic E-state index is 13.1. The lowest BCUT2D eigenvalue weighted by Crippen LogP contribution is -2.36. The topological polar surface area (TPSA) is 58.1 Å². The number of nitrogens with zero attached hydrogens (tertiary/aromatic N) is 3. The highest BCUT2D eigenvalue weighted by atomic mass is 19.4. The standard InChI is InChI=1S/C19H21F3N4O/c1-13-24-16(18(27)26-9-5-2-6-10-26)11-17(25-13)23-12-14-7-3-4-8-15(14)19(20,21)22/h3-4,7-8,11H,2,5-6,9-10,12H2,1H3,(H,23,24,25). The zero-order chi connectivity index (χ0) is 19.4. The van der Waals surface area contributed by atoms with Crippen LogP contribution in [0.1, 0.15) is 46.7 Å². The summed E-state index contributed by atoms with van der Waals surface area (Å²) >= 11 is 0. The van der Waals surface area contributed by atoms with E-state index < -0.39 is 11.7 Å². The van der Waals surface area contributed by atoms with E-state index in [1.807, 2.05) is 0 Å². The molecule has 1 fully saturated rings. The molecule has 27 heavy (non-hydrogen) atoms. The van der Waals surface area contributed by atoms with Crippen LogP contribution in [-0.4, -0.2) is 33.9 Å². The van der Waals surface area contributed by atoms with Gasteiger partial charge in [0, 0.05) is 25.7 Å². The first-order valence-corrected chi connectivity index (χ1v) is 8.88. The number of amides is 1. The first kappa shape index (κ1) is 19.1. The van der Waals surface area contributed by atoms with Crippen LogP contribution in [0, 0.1) is 6.92 Å². The lowest BCUT2D eigenvalue weighted by molar-refractivity contribution is -0.138. The summed E-state index contributed by atoms with van der Waals surface area (Å²) in [6, 6.07) is 6.89. The molecule has 144 valence electrons. The summed E-state index contributed by atoms with van der Waals surface area (Å²) in [6.45, 7) is 3.00. The summed E-state index contributed by atoms with van der Waals surface area (Å²) in [7, 11) is 0. The van der Waals surface area contributed by atoms with Crippen molar-refractivity contribution >= 4 is 11.7 Å². The van der Waals surface area contributed by atoms with Crippen molar-refractivity contribution < 1.29 is 18.0 Å². The molecule has 2 aromatic rings. The second-order valence-electron chi connectivity index (χ2n) is 6.55. The highest BCUT2D eigenvalue weighted by Crippen LogP contribution is 2.32. The molecular formula is C19H21F3N4O. The maximum Gasteiger partial charge on any atom is 0.416 e. The second kappa shape index (κ2) is 7.94. The predicted molar refractivity (Wildman–Crippen MR) is 95.3 cm³/mol. The van der Waals surface area contributed by atoms with E-state index in [2.05, 4.69) is 15.3 Å². The minimum Gasteiger partial charge on any atom is -0.366 e. The molecule has 3 rings (SSSR count). The van der Waals surface area contributed by atoms with E-state index >= 15 is 0 Å². The molecule has 0 atom stereocenters. The number of likely N-dealkylation sites (tertiary alicyclic amines) is 1. The van der Waals surface area contributed by atoms with Gasteiger partial charge in [-0.05, 0) is 37.8 Å². The van der Waals surface area contributed by atoms with Gasteiger partial charge in [0.1, 0.15) is 17.3 Å². The molecule has 0 radical (unpaired) electrons. The number of piperidine rings is 1. The number of halogens is 3.